The van der Waals surface area contributed by atoms with E-state index in [1.807, 2.05) is 6.92 Å². The Morgan fingerprint density at radius 3 is 3.17 bits per heavy atom. The highest BCUT2D eigenvalue weighted by Crippen LogP contribution is 2.04. The van der Waals surface area contributed by atoms with Gasteiger partial charge in [-0.05, 0) is 6.54 Å². The molecule has 1 aromatic rings. The third kappa shape index (κ3) is 1.82. The maximum atomic E-state index is 10.7. The van der Waals surface area contributed by atoms with Crippen molar-refractivity contribution in [3.8, 4) is 0 Å². The van der Waals surface area contributed by atoms with E-state index in [-0.39, 0.29) is 5.69 Å². The quantitative estimate of drug-likeness (QED) is 0.658. The number of amides is 1. The van der Waals surface area contributed by atoms with E-state index in [2.05, 4.69) is 15.0 Å². The molecule has 0 radical (unpaired) electrons. The van der Waals surface area contributed by atoms with Crippen LogP contribution in [0.4, 0.5) is 0 Å². The van der Waals surface area contributed by atoms with Gasteiger partial charge in [0.25, 0.3) is 5.91 Å². The molecule has 5 heteroatoms. The lowest BCUT2D eigenvalue weighted by molar-refractivity contribution is 0.0991. The normalized spacial score (nSPS) is 10.1. The van der Waals surface area contributed by atoms with Crippen LogP contribution in [0, 0.1) is 0 Å². The van der Waals surface area contributed by atoms with Gasteiger partial charge in [-0.2, -0.15) is 0 Å². The van der Waals surface area contributed by atoms with Crippen LogP contribution in [-0.4, -0.2) is 17.6 Å². The van der Waals surface area contributed by atoms with Crippen molar-refractivity contribution in [2.45, 2.75) is 13.5 Å². The molecular weight excluding hydrogens is 158 g/mol. The van der Waals surface area contributed by atoms with Crippen LogP contribution in [0.3, 0.4) is 0 Å². The third-order valence-electron chi connectivity index (χ3n) is 1.44. The third-order valence-corrected chi connectivity index (χ3v) is 1.44. The summed E-state index contributed by atoms with van der Waals surface area (Å²) in [6, 6.07) is 0. The number of carbonyl (C=O) groups excluding carboxylic acids is 1. The van der Waals surface area contributed by atoms with Crippen molar-refractivity contribution in [1.82, 2.24) is 10.5 Å². The molecule has 0 atom stereocenters. The summed E-state index contributed by atoms with van der Waals surface area (Å²) >= 11 is 0. The van der Waals surface area contributed by atoms with Gasteiger partial charge < -0.3 is 15.6 Å². The predicted molar refractivity (Wildman–Crippen MR) is 42.4 cm³/mol. The van der Waals surface area contributed by atoms with E-state index in [0.29, 0.717) is 12.1 Å². The molecule has 0 unspecified atom stereocenters. The van der Waals surface area contributed by atoms with E-state index in [4.69, 9.17) is 5.73 Å². The van der Waals surface area contributed by atoms with Gasteiger partial charge in [-0.1, -0.05) is 12.1 Å². The van der Waals surface area contributed by atoms with Crippen LogP contribution in [0.2, 0.25) is 0 Å². The van der Waals surface area contributed by atoms with Crippen molar-refractivity contribution in [1.29, 1.82) is 0 Å². The molecule has 3 N–H and O–H groups in total. The van der Waals surface area contributed by atoms with Gasteiger partial charge >= 0.3 is 0 Å². The first-order valence-corrected chi connectivity index (χ1v) is 3.69. The van der Waals surface area contributed by atoms with Crippen LogP contribution in [0.5, 0.6) is 0 Å². The average Bonchev–Trinajstić information content (AvgIpc) is 2.48. The molecule has 0 aromatic carbocycles. The predicted octanol–water partition coefficient (Wildman–Crippen LogP) is -0.117. The molecule has 0 bridgehead atoms. The maximum Gasteiger partial charge on any atom is 0.271 e. The minimum atomic E-state index is -0.559. The maximum absolute atomic E-state index is 10.7. The second-order valence-corrected chi connectivity index (χ2v) is 2.33. The Labute approximate surface area is 69.9 Å². The molecule has 0 fully saturated rings. The lowest BCUT2D eigenvalue weighted by atomic mass is 10.2. The molecule has 1 rings (SSSR count). The molecule has 1 heterocycles. The fourth-order valence-corrected chi connectivity index (χ4v) is 0.845. The van der Waals surface area contributed by atoms with Gasteiger partial charge in [0, 0.05) is 12.1 Å². The Morgan fingerprint density at radius 1 is 1.83 bits per heavy atom. The van der Waals surface area contributed by atoms with Gasteiger partial charge in [-0.3, -0.25) is 4.79 Å². The fourth-order valence-electron chi connectivity index (χ4n) is 0.845. The number of primary amides is 1. The van der Waals surface area contributed by atoms with Crippen LogP contribution in [0.1, 0.15) is 23.0 Å². The molecule has 5 nitrogen and oxygen atoms in total. The first kappa shape index (κ1) is 8.73. The lowest BCUT2D eigenvalue weighted by Crippen LogP contribution is -2.18. The number of hydrogen-bond acceptors (Lipinski definition) is 4. The number of nitrogens with one attached hydrogen (secondary N) is 1. The minimum Gasteiger partial charge on any atom is -0.364 e. The molecule has 12 heavy (non-hydrogen) atoms. The van der Waals surface area contributed by atoms with Gasteiger partial charge in [-0.25, -0.2) is 0 Å². The molecule has 0 saturated carbocycles. The fraction of sp³-hybridized carbons (Fsp3) is 0.429. The smallest absolute Gasteiger partial charge is 0.271 e. The van der Waals surface area contributed by atoms with E-state index in [1.54, 1.807) is 0 Å². The first-order valence-electron chi connectivity index (χ1n) is 3.69. The van der Waals surface area contributed by atoms with Crippen LogP contribution in [0.25, 0.3) is 0 Å². The first-order chi connectivity index (χ1) is 5.75. The van der Waals surface area contributed by atoms with Crippen LogP contribution in [0.15, 0.2) is 10.8 Å². The second-order valence-electron chi connectivity index (χ2n) is 2.33. The van der Waals surface area contributed by atoms with Gasteiger partial charge in [0.15, 0.2) is 5.69 Å². The van der Waals surface area contributed by atoms with Crippen LogP contribution >= 0.6 is 0 Å². The highest BCUT2D eigenvalue weighted by atomic mass is 16.5. The number of hydrogen-bond donors (Lipinski definition) is 2. The summed E-state index contributed by atoms with van der Waals surface area (Å²) in [4.78, 5) is 10.7. The summed E-state index contributed by atoms with van der Waals surface area (Å²) in [6.45, 7) is 3.35. The summed E-state index contributed by atoms with van der Waals surface area (Å²) in [5.41, 5.74) is 5.94. The molecule has 0 aliphatic heterocycles. The van der Waals surface area contributed by atoms with Gasteiger partial charge in [0.1, 0.15) is 6.26 Å². The SMILES string of the molecule is CCNCc1conc1C(N)=O. The zero-order valence-corrected chi connectivity index (χ0v) is 6.83. The number of rotatable bonds is 4. The standard InChI is InChI=1S/C7H11N3O2/c1-2-9-3-5-4-12-10-6(5)7(8)11/h4,9H,2-3H2,1H3,(H2,8,11). The monoisotopic (exact) mass is 169 g/mol. The van der Waals surface area contributed by atoms with Gasteiger partial charge in [-0.15, -0.1) is 0 Å². The topological polar surface area (TPSA) is 81.2 Å². The van der Waals surface area contributed by atoms with Crippen LogP contribution < -0.4 is 11.1 Å². The van der Waals surface area contributed by atoms with Crippen molar-refractivity contribution >= 4 is 5.91 Å². The summed E-state index contributed by atoms with van der Waals surface area (Å²) in [5.74, 6) is -0.559. The Morgan fingerprint density at radius 2 is 2.58 bits per heavy atom. The molecule has 0 saturated heterocycles. The van der Waals surface area contributed by atoms with Crippen molar-refractivity contribution in [3.63, 3.8) is 0 Å². The van der Waals surface area contributed by atoms with E-state index in [0.717, 1.165) is 6.54 Å². The second kappa shape index (κ2) is 3.87. The molecular formula is C7H11N3O2. The number of aromatic nitrogens is 1. The Balaban J connectivity index is 2.70. The van der Waals surface area contributed by atoms with E-state index < -0.39 is 5.91 Å². The average molecular weight is 169 g/mol. The zero-order chi connectivity index (χ0) is 8.97. The summed E-state index contributed by atoms with van der Waals surface area (Å²) in [7, 11) is 0. The van der Waals surface area contributed by atoms with Gasteiger partial charge in [0.2, 0.25) is 0 Å². The number of nitrogens with zero attached hydrogens (tertiary/aromatic N) is 1. The molecule has 66 valence electrons. The Bertz CT molecular complexity index is 269. The highest BCUT2D eigenvalue weighted by Gasteiger charge is 2.11. The molecule has 1 aromatic heterocycles. The Kier molecular flexibility index (Phi) is 2.82. The molecule has 0 aliphatic carbocycles. The van der Waals surface area contributed by atoms with Gasteiger partial charge in [0.05, 0.1) is 0 Å². The molecule has 1 amide bonds. The Hall–Kier alpha value is -1.36. The van der Waals surface area contributed by atoms with Crippen molar-refractivity contribution in [2.75, 3.05) is 6.54 Å². The summed E-state index contributed by atoms with van der Waals surface area (Å²) in [5, 5.41) is 6.52. The minimum absolute atomic E-state index is 0.205. The lowest BCUT2D eigenvalue weighted by Gasteiger charge is -1.97. The number of carbonyl (C=O) groups is 1. The van der Waals surface area contributed by atoms with E-state index in [1.165, 1.54) is 6.26 Å². The summed E-state index contributed by atoms with van der Waals surface area (Å²) in [6.07, 6.45) is 1.42. The van der Waals surface area contributed by atoms with Crippen molar-refractivity contribution in [3.05, 3.63) is 17.5 Å². The largest absolute Gasteiger partial charge is 0.364 e. The summed E-state index contributed by atoms with van der Waals surface area (Å²) < 4.78 is 4.61. The zero-order valence-electron chi connectivity index (χ0n) is 6.83. The van der Waals surface area contributed by atoms with Crippen molar-refractivity contribution < 1.29 is 9.32 Å². The van der Waals surface area contributed by atoms with E-state index >= 15 is 0 Å². The van der Waals surface area contributed by atoms with Crippen molar-refractivity contribution in [2.24, 2.45) is 5.73 Å². The molecule has 0 aliphatic rings. The highest BCUT2D eigenvalue weighted by molar-refractivity contribution is 5.91. The number of nitrogens with two attached hydrogens (primary N) is 1. The van der Waals surface area contributed by atoms with Crippen LogP contribution in [-0.2, 0) is 6.54 Å². The molecule has 0 spiro atoms. The van der Waals surface area contributed by atoms with E-state index in [9.17, 15) is 4.79 Å².